The Hall–Kier alpha value is -2.24. The molecule has 0 saturated heterocycles. The molecule has 0 bridgehead atoms. The van der Waals surface area contributed by atoms with Crippen LogP contribution in [0.1, 0.15) is 18.0 Å². The number of halogens is 2. The average Bonchev–Trinajstić information content (AvgIpc) is 2.54. The van der Waals surface area contributed by atoms with Gasteiger partial charge in [-0.25, -0.2) is 0 Å². The molecule has 0 aromatic heterocycles. The second-order valence-corrected chi connectivity index (χ2v) is 5.86. The number of aliphatic carboxylic acids is 1. The van der Waals surface area contributed by atoms with Gasteiger partial charge in [0.15, 0.2) is 6.61 Å². The monoisotopic (exact) mass is 366 g/mol. The van der Waals surface area contributed by atoms with E-state index in [0.29, 0.717) is 21.4 Å². The molecule has 0 radical (unpaired) electrons. The van der Waals surface area contributed by atoms with Gasteiger partial charge in [-0.15, -0.1) is 0 Å². The Balaban J connectivity index is 1.97. The summed E-state index contributed by atoms with van der Waals surface area (Å²) in [5.74, 6) is -1.24. The van der Waals surface area contributed by atoms with E-state index in [0.717, 1.165) is 0 Å². The van der Waals surface area contributed by atoms with Crippen LogP contribution in [0.15, 0.2) is 48.5 Å². The van der Waals surface area contributed by atoms with Gasteiger partial charge in [-0.3, -0.25) is 4.79 Å². The van der Waals surface area contributed by atoms with Gasteiger partial charge in [0.2, 0.25) is 0 Å². The predicted molar refractivity (Wildman–Crippen MR) is 88.9 cm³/mol. The second-order valence-electron chi connectivity index (χ2n) is 4.99. The van der Waals surface area contributed by atoms with E-state index in [2.05, 4.69) is 5.32 Å². The van der Waals surface area contributed by atoms with E-state index < -0.39 is 17.9 Å². The summed E-state index contributed by atoms with van der Waals surface area (Å²) in [5.41, 5.74) is 0.614. The van der Waals surface area contributed by atoms with Crippen molar-refractivity contribution in [3.8, 4) is 5.75 Å². The summed E-state index contributed by atoms with van der Waals surface area (Å²) in [6.45, 7) is -0.251. The summed E-state index contributed by atoms with van der Waals surface area (Å²) in [7, 11) is 0. The Morgan fingerprint density at radius 3 is 2.08 bits per heavy atom. The number of amides is 1. The molecular weight excluding hydrogens is 353 g/mol. The standard InChI is InChI=1S/C17H15Cl2NO4/c18-12-3-1-11(2-4-12)15(9-17(22)23)20-16(21)10-24-14-7-5-13(19)6-8-14/h1-8,15H,9-10H2,(H,20,21)(H,22,23)/p-1/t15-/m0/s1. The minimum absolute atomic E-state index is 0.251. The van der Waals surface area contributed by atoms with Crippen molar-refractivity contribution >= 4 is 35.1 Å². The molecule has 24 heavy (non-hydrogen) atoms. The van der Waals surface area contributed by atoms with Gasteiger partial charge in [-0.05, 0) is 42.0 Å². The van der Waals surface area contributed by atoms with Crippen molar-refractivity contribution in [2.75, 3.05) is 6.61 Å². The highest BCUT2D eigenvalue weighted by Crippen LogP contribution is 2.19. The fraction of sp³-hybridized carbons (Fsp3) is 0.176. The van der Waals surface area contributed by atoms with Crippen LogP contribution in [0.5, 0.6) is 5.75 Å². The van der Waals surface area contributed by atoms with Crippen molar-refractivity contribution in [1.82, 2.24) is 5.32 Å². The van der Waals surface area contributed by atoms with Crippen molar-refractivity contribution in [1.29, 1.82) is 0 Å². The highest BCUT2D eigenvalue weighted by atomic mass is 35.5. The third kappa shape index (κ3) is 5.76. The zero-order valence-electron chi connectivity index (χ0n) is 12.5. The van der Waals surface area contributed by atoms with Crippen molar-refractivity contribution in [2.24, 2.45) is 0 Å². The number of ether oxygens (including phenoxy) is 1. The lowest BCUT2D eigenvalue weighted by Gasteiger charge is -2.20. The first kappa shape index (κ1) is 18.1. The maximum atomic E-state index is 12.0. The molecule has 2 rings (SSSR count). The normalized spacial score (nSPS) is 11.6. The molecule has 126 valence electrons. The topological polar surface area (TPSA) is 78.5 Å². The van der Waals surface area contributed by atoms with Crippen LogP contribution in [0.3, 0.4) is 0 Å². The van der Waals surface area contributed by atoms with Gasteiger partial charge < -0.3 is 20.0 Å². The van der Waals surface area contributed by atoms with Gasteiger partial charge in [0.05, 0.1) is 6.04 Å². The number of carboxylic acid groups (broad SMARTS) is 1. The molecule has 0 heterocycles. The van der Waals surface area contributed by atoms with Gasteiger partial charge in [0.25, 0.3) is 5.91 Å². The quantitative estimate of drug-likeness (QED) is 0.815. The van der Waals surface area contributed by atoms with E-state index in [1.54, 1.807) is 48.5 Å². The number of hydrogen-bond donors (Lipinski definition) is 1. The van der Waals surface area contributed by atoms with Gasteiger partial charge >= 0.3 is 0 Å². The number of benzene rings is 2. The zero-order valence-corrected chi connectivity index (χ0v) is 14.0. The van der Waals surface area contributed by atoms with Crippen molar-refractivity contribution in [3.05, 3.63) is 64.1 Å². The first-order valence-corrected chi connectivity index (χ1v) is 7.82. The van der Waals surface area contributed by atoms with Crippen LogP contribution in [0, 0.1) is 0 Å². The fourth-order valence-corrected chi connectivity index (χ4v) is 2.28. The average molecular weight is 367 g/mol. The van der Waals surface area contributed by atoms with Crippen molar-refractivity contribution < 1.29 is 19.4 Å². The molecule has 2 aromatic rings. The maximum Gasteiger partial charge on any atom is 0.258 e. The molecule has 1 amide bonds. The molecule has 0 fully saturated rings. The minimum atomic E-state index is -1.27. The lowest BCUT2D eigenvalue weighted by Crippen LogP contribution is -2.36. The van der Waals surface area contributed by atoms with E-state index in [1.807, 2.05) is 0 Å². The highest BCUT2D eigenvalue weighted by Gasteiger charge is 2.15. The number of carbonyl (C=O) groups excluding carboxylic acids is 2. The third-order valence-electron chi connectivity index (χ3n) is 3.16. The summed E-state index contributed by atoms with van der Waals surface area (Å²) in [6.07, 6.45) is -0.353. The number of nitrogens with one attached hydrogen (secondary N) is 1. The third-order valence-corrected chi connectivity index (χ3v) is 3.67. The summed E-state index contributed by atoms with van der Waals surface area (Å²) in [4.78, 5) is 22.9. The lowest BCUT2D eigenvalue weighted by atomic mass is 10.0. The Morgan fingerprint density at radius 1 is 1.00 bits per heavy atom. The molecule has 1 atom stereocenters. The molecule has 5 nitrogen and oxygen atoms in total. The van der Waals surface area contributed by atoms with Crippen molar-refractivity contribution in [3.63, 3.8) is 0 Å². The van der Waals surface area contributed by atoms with Crippen LogP contribution >= 0.6 is 23.2 Å². The van der Waals surface area contributed by atoms with E-state index in [-0.39, 0.29) is 13.0 Å². The van der Waals surface area contributed by atoms with E-state index in [9.17, 15) is 14.7 Å². The SMILES string of the molecule is O=C([O-])C[C@H](NC(=O)COc1ccc(Cl)cc1)c1ccc(Cl)cc1. The number of carbonyl (C=O) groups is 2. The van der Waals surface area contributed by atoms with Crippen LogP contribution in [0.2, 0.25) is 10.0 Å². The fourth-order valence-electron chi connectivity index (χ4n) is 2.03. The molecule has 0 aliphatic heterocycles. The summed E-state index contributed by atoms with van der Waals surface area (Å²) in [5, 5.41) is 14.6. The largest absolute Gasteiger partial charge is 0.550 e. The van der Waals surface area contributed by atoms with Crippen LogP contribution in [0.25, 0.3) is 0 Å². The molecule has 1 N–H and O–H groups in total. The smallest absolute Gasteiger partial charge is 0.258 e. The Labute approximate surface area is 149 Å². The van der Waals surface area contributed by atoms with Crippen molar-refractivity contribution in [2.45, 2.75) is 12.5 Å². The molecule has 7 heteroatoms. The minimum Gasteiger partial charge on any atom is -0.550 e. The van der Waals surface area contributed by atoms with Crippen LogP contribution in [0.4, 0.5) is 0 Å². The first-order valence-electron chi connectivity index (χ1n) is 7.07. The summed E-state index contributed by atoms with van der Waals surface area (Å²) < 4.78 is 5.33. The summed E-state index contributed by atoms with van der Waals surface area (Å²) >= 11 is 11.6. The van der Waals surface area contributed by atoms with E-state index >= 15 is 0 Å². The molecule has 0 saturated carbocycles. The van der Waals surface area contributed by atoms with Gasteiger partial charge in [0.1, 0.15) is 5.75 Å². The Bertz CT molecular complexity index is 702. The molecule has 0 spiro atoms. The number of carboxylic acids is 1. The van der Waals surface area contributed by atoms with E-state index in [1.165, 1.54) is 0 Å². The predicted octanol–water partition coefficient (Wildman–Crippen LogP) is 2.37. The summed E-state index contributed by atoms with van der Waals surface area (Å²) in [6, 6.07) is 12.4. The lowest BCUT2D eigenvalue weighted by molar-refractivity contribution is -0.306. The van der Waals surface area contributed by atoms with Crippen LogP contribution in [-0.2, 0) is 9.59 Å². The van der Waals surface area contributed by atoms with Gasteiger partial charge in [0, 0.05) is 22.4 Å². The highest BCUT2D eigenvalue weighted by molar-refractivity contribution is 6.30. The number of rotatable bonds is 7. The van der Waals surface area contributed by atoms with E-state index in [4.69, 9.17) is 27.9 Å². The molecule has 2 aromatic carbocycles. The van der Waals surface area contributed by atoms with Gasteiger partial charge in [-0.2, -0.15) is 0 Å². The Morgan fingerprint density at radius 2 is 1.54 bits per heavy atom. The molecular formula is C17H14Cl2NO4-. The maximum absolute atomic E-state index is 12.0. The van der Waals surface area contributed by atoms with Gasteiger partial charge in [-0.1, -0.05) is 35.3 Å². The molecule has 0 aliphatic rings. The van der Waals surface area contributed by atoms with Crippen LogP contribution in [-0.4, -0.2) is 18.5 Å². The second kappa shape index (κ2) is 8.57. The number of hydrogen-bond acceptors (Lipinski definition) is 4. The molecule has 0 aliphatic carbocycles. The molecule has 0 unspecified atom stereocenters. The first-order chi connectivity index (χ1) is 11.4. The zero-order chi connectivity index (χ0) is 17.5. The Kier molecular flexibility index (Phi) is 6.46. The van der Waals surface area contributed by atoms with Crippen LogP contribution < -0.4 is 15.2 Å².